The molecule has 0 bridgehead atoms. The van der Waals surface area contributed by atoms with Crippen molar-refractivity contribution in [1.29, 1.82) is 0 Å². The Labute approximate surface area is 174 Å². The minimum absolute atomic E-state index is 0.00629. The van der Waals surface area contributed by atoms with Gasteiger partial charge in [-0.2, -0.15) is 10.2 Å². The molecule has 1 aromatic carbocycles. The molecule has 1 amide bonds. The van der Waals surface area contributed by atoms with Crippen LogP contribution in [0.5, 0.6) is 0 Å². The molecule has 0 aliphatic carbocycles. The monoisotopic (exact) mass is 462 g/mol. The number of hydrogen-bond donors (Lipinski definition) is 1. The predicted octanol–water partition coefficient (Wildman–Crippen LogP) is 3.48. The molecule has 170 valence electrons. The summed E-state index contributed by atoms with van der Waals surface area (Å²) in [4.78, 5) is 22.1. The van der Waals surface area contributed by atoms with Crippen molar-refractivity contribution >= 4 is 17.3 Å². The van der Waals surface area contributed by atoms with Crippen molar-refractivity contribution < 1.29 is 36.1 Å². The molecule has 3 aromatic rings. The van der Waals surface area contributed by atoms with E-state index in [1.54, 1.807) is 0 Å². The van der Waals surface area contributed by atoms with E-state index in [9.17, 15) is 41.3 Å². The van der Waals surface area contributed by atoms with Crippen LogP contribution in [0.2, 0.25) is 0 Å². The lowest BCUT2D eigenvalue weighted by Gasteiger charge is -2.07. The van der Waals surface area contributed by atoms with Gasteiger partial charge in [-0.05, 0) is 6.92 Å². The van der Waals surface area contributed by atoms with E-state index >= 15 is 0 Å². The van der Waals surface area contributed by atoms with Gasteiger partial charge in [0.1, 0.15) is 18.1 Å². The maximum atomic E-state index is 13.8. The van der Waals surface area contributed by atoms with Crippen LogP contribution in [0.3, 0.4) is 0 Å². The summed E-state index contributed by atoms with van der Waals surface area (Å²) in [5, 5.41) is 20.4. The fraction of sp³-hybridized carbons (Fsp3) is 0.235. The average Bonchev–Trinajstić information content (AvgIpc) is 3.27. The second-order valence-electron chi connectivity index (χ2n) is 6.46. The lowest BCUT2D eigenvalue weighted by atomic mass is 10.2. The highest BCUT2D eigenvalue weighted by molar-refractivity contribution is 5.90. The molecule has 1 N–H and O–H groups in total. The molecule has 32 heavy (non-hydrogen) atoms. The van der Waals surface area contributed by atoms with E-state index in [0.717, 1.165) is 28.7 Å². The molecule has 0 saturated heterocycles. The molecular formula is C17H12F6N6O3. The van der Waals surface area contributed by atoms with Crippen LogP contribution in [-0.4, -0.2) is 30.4 Å². The average molecular weight is 462 g/mol. The van der Waals surface area contributed by atoms with Crippen LogP contribution in [0.4, 0.5) is 37.7 Å². The van der Waals surface area contributed by atoms with Crippen molar-refractivity contribution in [2.24, 2.45) is 0 Å². The number of nitrogens with zero attached hydrogens (tertiary/aromatic N) is 5. The van der Waals surface area contributed by atoms with E-state index in [2.05, 4.69) is 15.5 Å². The van der Waals surface area contributed by atoms with Crippen LogP contribution >= 0.6 is 0 Å². The first-order valence-corrected chi connectivity index (χ1v) is 8.63. The molecule has 0 aliphatic rings. The summed E-state index contributed by atoms with van der Waals surface area (Å²) in [6.45, 7) is -0.142. The molecular weight excluding hydrogens is 450 g/mol. The van der Waals surface area contributed by atoms with Gasteiger partial charge in [-0.25, -0.2) is 26.3 Å². The van der Waals surface area contributed by atoms with Gasteiger partial charge in [0.15, 0.2) is 17.5 Å². The van der Waals surface area contributed by atoms with Gasteiger partial charge in [-0.1, -0.05) is 0 Å². The zero-order chi connectivity index (χ0) is 23.7. The van der Waals surface area contributed by atoms with Gasteiger partial charge in [-0.15, -0.1) is 0 Å². The van der Waals surface area contributed by atoms with Crippen LogP contribution in [0, 0.1) is 40.3 Å². The fourth-order valence-electron chi connectivity index (χ4n) is 2.85. The second kappa shape index (κ2) is 8.68. The Balaban J connectivity index is 1.73. The number of benzene rings is 1. The Morgan fingerprint density at radius 3 is 2.50 bits per heavy atom. The van der Waals surface area contributed by atoms with Gasteiger partial charge in [-0.3, -0.25) is 24.3 Å². The minimum Gasteiger partial charge on any atom is -0.322 e. The second-order valence-corrected chi connectivity index (χ2v) is 6.46. The van der Waals surface area contributed by atoms with E-state index in [4.69, 9.17) is 0 Å². The van der Waals surface area contributed by atoms with Crippen LogP contribution in [-0.2, 0) is 17.9 Å². The van der Waals surface area contributed by atoms with E-state index in [1.807, 2.05) is 0 Å². The van der Waals surface area contributed by atoms with Crippen LogP contribution in [0.25, 0.3) is 0 Å². The summed E-state index contributed by atoms with van der Waals surface area (Å²) in [5.74, 6) is -7.44. The number of nitro groups is 1. The molecule has 0 fully saturated rings. The van der Waals surface area contributed by atoms with Crippen molar-refractivity contribution in [2.75, 3.05) is 5.32 Å². The van der Waals surface area contributed by atoms with Gasteiger partial charge < -0.3 is 5.32 Å². The predicted molar refractivity (Wildman–Crippen MR) is 94.8 cm³/mol. The number of halogens is 6. The molecule has 3 rings (SSSR count). The minimum atomic E-state index is -3.23. The molecule has 15 heteroatoms. The maximum Gasteiger partial charge on any atom is 0.319 e. The van der Waals surface area contributed by atoms with E-state index in [0.29, 0.717) is 0 Å². The first-order valence-electron chi connectivity index (χ1n) is 8.63. The Kier molecular flexibility index (Phi) is 6.18. The third-order valence-electron chi connectivity index (χ3n) is 4.33. The van der Waals surface area contributed by atoms with Crippen LogP contribution in [0.1, 0.15) is 23.4 Å². The highest BCUT2D eigenvalue weighted by Crippen LogP contribution is 2.30. The summed E-state index contributed by atoms with van der Waals surface area (Å²) >= 11 is 0. The van der Waals surface area contributed by atoms with Crippen molar-refractivity contribution in [3.8, 4) is 0 Å². The summed E-state index contributed by atoms with van der Waals surface area (Å²) in [5.41, 5.74) is -3.05. The number of carbonyl (C=O) groups is 1. The van der Waals surface area contributed by atoms with Crippen molar-refractivity contribution in [3.63, 3.8) is 0 Å². The molecule has 9 nitrogen and oxygen atoms in total. The van der Waals surface area contributed by atoms with Gasteiger partial charge >= 0.3 is 5.69 Å². The van der Waals surface area contributed by atoms with E-state index in [-0.39, 0.29) is 17.4 Å². The van der Waals surface area contributed by atoms with Crippen LogP contribution < -0.4 is 5.32 Å². The number of alkyl halides is 2. The Bertz CT molecular complexity index is 1210. The molecule has 2 heterocycles. The third-order valence-corrected chi connectivity index (χ3v) is 4.33. The zero-order valence-electron chi connectivity index (χ0n) is 16.0. The standard InChI is InChI=1S/C17H12F6N6O3/c1-7-16(29(31)32)15(17(22)23)26-28(7)6-12(30)25-8-3-24-27(4-8)5-9-10(18)2-11(19)14(21)13(9)20/h2-4,17H,5-6H2,1H3,(H,25,30). The third kappa shape index (κ3) is 4.40. The Morgan fingerprint density at radius 1 is 1.22 bits per heavy atom. The SMILES string of the molecule is Cc1c([N+](=O)[O-])c(C(F)F)nn1CC(=O)Nc1cnn(Cc2c(F)cc(F)c(F)c2F)c1. The molecule has 0 atom stereocenters. The molecule has 0 spiro atoms. The number of hydrogen-bond acceptors (Lipinski definition) is 5. The van der Waals surface area contributed by atoms with Crippen molar-refractivity contribution in [3.05, 3.63) is 68.8 Å². The Morgan fingerprint density at radius 2 is 1.91 bits per heavy atom. The van der Waals surface area contributed by atoms with Gasteiger partial charge in [0.2, 0.25) is 11.6 Å². The van der Waals surface area contributed by atoms with Crippen molar-refractivity contribution in [2.45, 2.75) is 26.4 Å². The number of aromatic nitrogens is 4. The summed E-state index contributed by atoms with van der Waals surface area (Å²) in [6, 6.07) is 0.180. The molecule has 0 aliphatic heterocycles. The van der Waals surface area contributed by atoms with Gasteiger partial charge in [0, 0.05) is 17.8 Å². The number of amides is 1. The lowest BCUT2D eigenvalue weighted by molar-refractivity contribution is -0.386. The number of anilines is 1. The molecule has 0 unspecified atom stereocenters. The van der Waals surface area contributed by atoms with Crippen molar-refractivity contribution in [1.82, 2.24) is 19.6 Å². The van der Waals surface area contributed by atoms with Gasteiger partial charge in [0.25, 0.3) is 6.43 Å². The van der Waals surface area contributed by atoms with Gasteiger partial charge in [0.05, 0.1) is 23.4 Å². The number of carbonyl (C=O) groups excluding carboxylic acids is 1. The maximum absolute atomic E-state index is 13.8. The first kappa shape index (κ1) is 22.8. The van der Waals surface area contributed by atoms with Crippen LogP contribution in [0.15, 0.2) is 18.5 Å². The number of rotatable bonds is 7. The summed E-state index contributed by atoms with van der Waals surface area (Å²) < 4.78 is 81.4. The topological polar surface area (TPSA) is 108 Å². The molecule has 2 aromatic heterocycles. The molecule has 0 radical (unpaired) electrons. The highest BCUT2D eigenvalue weighted by atomic mass is 19.3. The lowest BCUT2D eigenvalue weighted by Crippen LogP contribution is -2.20. The van der Waals surface area contributed by atoms with E-state index < -0.39 is 70.6 Å². The Hall–Kier alpha value is -3.91. The fourth-order valence-corrected chi connectivity index (χ4v) is 2.85. The normalized spacial score (nSPS) is 11.2. The summed E-state index contributed by atoms with van der Waals surface area (Å²) in [6.07, 6.45) is -1.05. The zero-order valence-corrected chi connectivity index (χ0v) is 16.0. The van der Waals surface area contributed by atoms with E-state index in [1.165, 1.54) is 0 Å². The first-order chi connectivity index (χ1) is 15.0. The quantitative estimate of drug-likeness (QED) is 0.190. The largest absolute Gasteiger partial charge is 0.322 e. The smallest absolute Gasteiger partial charge is 0.319 e. The molecule has 0 saturated carbocycles. The highest BCUT2D eigenvalue weighted by Gasteiger charge is 2.31. The summed E-state index contributed by atoms with van der Waals surface area (Å²) in [7, 11) is 0. The number of nitrogens with one attached hydrogen (secondary N) is 1.